The third-order valence-electron chi connectivity index (χ3n) is 5.96. The van der Waals surface area contributed by atoms with Crippen LogP contribution in [-0.4, -0.2) is 37.5 Å². The van der Waals surface area contributed by atoms with Gasteiger partial charge in [0.25, 0.3) is 0 Å². The Bertz CT molecular complexity index is 1720. The summed E-state index contributed by atoms with van der Waals surface area (Å²) in [5, 5.41) is 19.2. The van der Waals surface area contributed by atoms with Gasteiger partial charge in [-0.1, -0.05) is 18.3 Å². The molecule has 11 heteroatoms. The van der Waals surface area contributed by atoms with Crippen molar-refractivity contribution in [2.24, 2.45) is 0 Å². The molecule has 190 valence electrons. The number of carbonyl (C=O) groups is 1. The summed E-state index contributed by atoms with van der Waals surface area (Å²) in [6.45, 7) is 1.97. The van der Waals surface area contributed by atoms with Crippen LogP contribution < -0.4 is 4.90 Å². The van der Waals surface area contributed by atoms with Gasteiger partial charge in [-0.2, -0.15) is 5.26 Å². The summed E-state index contributed by atoms with van der Waals surface area (Å²) in [7, 11) is 1.81. The van der Waals surface area contributed by atoms with Crippen LogP contribution in [0.3, 0.4) is 0 Å². The van der Waals surface area contributed by atoms with Gasteiger partial charge in [0, 0.05) is 30.6 Å². The number of nitrogens with zero attached hydrogens (tertiary/aromatic N) is 6. The van der Waals surface area contributed by atoms with Crippen molar-refractivity contribution in [3.63, 3.8) is 0 Å². The minimum atomic E-state index is -1.07. The third kappa shape index (κ3) is 4.57. The second kappa shape index (κ2) is 9.99. The zero-order valence-corrected chi connectivity index (χ0v) is 21.1. The molecule has 5 aromatic rings. The molecule has 1 aromatic carbocycles. The highest BCUT2D eigenvalue weighted by molar-refractivity contribution is 7.16. The maximum absolute atomic E-state index is 14.9. The van der Waals surface area contributed by atoms with Gasteiger partial charge >= 0.3 is 5.97 Å². The molecule has 0 unspecified atom stereocenters. The number of hydrogen-bond donors (Lipinski definition) is 1. The predicted molar refractivity (Wildman–Crippen MR) is 139 cm³/mol. The van der Waals surface area contributed by atoms with Crippen molar-refractivity contribution in [2.75, 3.05) is 11.9 Å². The molecule has 38 heavy (non-hydrogen) atoms. The first-order valence-corrected chi connectivity index (χ1v) is 12.4. The molecule has 0 amide bonds. The zero-order valence-electron chi connectivity index (χ0n) is 20.3. The second-order valence-corrected chi connectivity index (χ2v) is 9.46. The number of rotatable bonds is 7. The van der Waals surface area contributed by atoms with Gasteiger partial charge in [0.2, 0.25) is 0 Å². The Morgan fingerprint density at radius 2 is 1.87 bits per heavy atom. The molecule has 0 atom stereocenters. The van der Waals surface area contributed by atoms with Gasteiger partial charge in [0.05, 0.1) is 12.1 Å². The number of halogens is 2. The zero-order chi connectivity index (χ0) is 27.0. The van der Waals surface area contributed by atoms with Gasteiger partial charge in [-0.15, -0.1) is 0 Å². The standard InChI is InChI=1S/C27H20F2N6O2S/c1-3-20-26(34(2)27-33-25(21(12-30)38-27)16-4-7-18(28)8-5-16)35-14-17(6-9-22(35)32-20)24-19(29)10-15(13-31-24)11-23(36)37/h4-10,13-14H,3,11H2,1-2H3,(H,36,37). The lowest BCUT2D eigenvalue weighted by molar-refractivity contribution is -0.136. The third-order valence-corrected chi connectivity index (χ3v) is 7.00. The van der Waals surface area contributed by atoms with Gasteiger partial charge in [-0.25, -0.2) is 18.7 Å². The van der Waals surface area contributed by atoms with Gasteiger partial charge in [-0.05, 0) is 54.4 Å². The normalized spacial score (nSPS) is 11.0. The molecule has 0 saturated carbocycles. The molecule has 0 bridgehead atoms. The van der Waals surface area contributed by atoms with Gasteiger partial charge in [0.1, 0.15) is 45.4 Å². The van der Waals surface area contributed by atoms with Crippen molar-refractivity contribution in [1.29, 1.82) is 5.26 Å². The molecule has 0 saturated heterocycles. The Morgan fingerprint density at radius 3 is 2.53 bits per heavy atom. The lowest BCUT2D eigenvalue weighted by Crippen LogP contribution is -2.13. The van der Waals surface area contributed by atoms with Gasteiger partial charge in [0.15, 0.2) is 5.13 Å². The predicted octanol–water partition coefficient (Wildman–Crippen LogP) is 5.63. The number of anilines is 2. The Kier molecular flexibility index (Phi) is 6.57. The Balaban J connectivity index is 1.59. The van der Waals surface area contributed by atoms with Crippen molar-refractivity contribution in [3.8, 4) is 28.6 Å². The summed E-state index contributed by atoms with van der Waals surface area (Å²) >= 11 is 1.20. The van der Waals surface area contributed by atoms with E-state index in [1.165, 1.54) is 35.7 Å². The summed E-state index contributed by atoms with van der Waals surface area (Å²) in [5.41, 5.74) is 3.32. The quantitative estimate of drug-likeness (QED) is 0.291. The van der Waals surface area contributed by atoms with E-state index in [9.17, 15) is 18.8 Å². The molecular formula is C27H20F2N6O2S. The van der Waals surface area contributed by atoms with Crippen LogP contribution in [0.2, 0.25) is 0 Å². The topological polar surface area (TPSA) is 107 Å². The average Bonchev–Trinajstić information content (AvgIpc) is 3.50. The first-order chi connectivity index (χ1) is 18.3. The first-order valence-electron chi connectivity index (χ1n) is 11.6. The van der Waals surface area contributed by atoms with Crippen molar-refractivity contribution >= 4 is 33.9 Å². The van der Waals surface area contributed by atoms with E-state index in [2.05, 4.69) is 16.0 Å². The highest BCUT2D eigenvalue weighted by Crippen LogP contribution is 2.37. The van der Waals surface area contributed by atoms with Crippen LogP contribution in [0.1, 0.15) is 23.1 Å². The Hall–Kier alpha value is -4.69. The Labute approximate surface area is 220 Å². The summed E-state index contributed by atoms with van der Waals surface area (Å²) in [6.07, 6.45) is 3.35. The molecule has 0 radical (unpaired) electrons. The van der Waals surface area contributed by atoms with Crippen LogP contribution >= 0.6 is 11.3 Å². The number of fused-ring (bicyclic) bond motifs is 1. The van der Waals surface area contributed by atoms with E-state index in [0.717, 1.165) is 5.69 Å². The SMILES string of the molecule is CCc1nc2ccc(-c3ncc(CC(=O)O)cc3F)cn2c1N(C)c1nc(-c2ccc(F)cc2)c(C#N)s1. The summed E-state index contributed by atoms with van der Waals surface area (Å²) in [5.74, 6) is -1.38. The number of benzene rings is 1. The summed E-state index contributed by atoms with van der Waals surface area (Å²) < 4.78 is 30.1. The fourth-order valence-electron chi connectivity index (χ4n) is 4.20. The minimum Gasteiger partial charge on any atom is -0.481 e. The highest BCUT2D eigenvalue weighted by Gasteiger charge is 2.22. The van der Waals surface area contributed by atoms with Crippen LogP contribution in [0, 0.1) is 23.0 Å². The fourth-order valence-corrected chi connectivity index (χ4v) is 5.05. The largest absolute Gasteiger partial charge is 0.481 e. The Morgan fingerprint density at radius 1 is 1.13 bits per heavy atom. The van der Waals surface area contributed by atoms with E-state index in [-0.39, 0.29) is 23.5 Å². The van der Waals surface area contributed by atoms with E-state index in [1.54, 1.807) is 30.5 Å². The van der Waals surface area contributed by atoms with Crippen molar-refractivity contribution in [1.82, 2.24) is 19.4 Å². The van der Waals surface area contributed by atoms with Crippen LogP contribution in [0.25, 0.3) is 28.2 Å². The second-order valence-electron chi connectivity index (χ2n) is 8.48. The van der Waals surface area contributed by atoms with E-state index >= 15 is 0 Å². The molecule has 0 aliphatic heterocycles. The highest BCUT2D eigenvalue weighted by atomic mass is 32.1. The van der Waals surface area contributed by atoms with Crippen LogP contribution in [-0.2, 0) is 17.6 Å². The molecule has 8 nitrogen and oxygen atoms in total. The molecule has 0 aliphatic carbocycles. The van der Waals surface area contributed by atoms with E-state index < -0.39 is 11.8 Å². The molecule has 0 aliphatic rings. The minimum absolute atomic E-state index is 0.0843. The van der Waals surface area contributed by atoms with Crippen molar-refractivity contribution < 1.29 is 18.7 Å². The number of hydrogen-bond acceptors (Lipinski definition) is 7. The van der Waals surface area contributed by atoms with Crippen LogP contribution in [0.4, 0.5) is 19.7 Å². The van der Waals surface area contributed by atoms with Crippen molar-refractivity contribution in [2.45, 2.75) is 19.8 Å². The molecule has 5 rings (SSSR count). The number of carboxylic acid groups (broad SMARTS) is 1. The molecular weight excluding hydrogens is 510 g/mol. The fraction of sp³-hybridized carbons (Fsp3) is 0.148. The molecule has 4 heterocycles. The van der Waals surface area contributed by atoms with Crippen LogP contribution in [0.15, 0.2) is 54.9 Å². The average molecular weight is 531 g/mol. The van der Waals surface area contributed by atoms with E-state index in [0.29, 0.717) is 44.7 Å². The van der Waals surface area contributed by atoms with Crippen molar-refractivity contribution in [3.05, 3.63) is 82.6 Å². The monoisotopic (exact) mass is 530 g/mol. The number of aryl methyl sites for hydroxylation is 1. The number of aliphatic carboxylic acids is 1. The number of thiazole rings is 1. The lowest BCUT2D eigenvalue weighted by atomic mass is 10.1. The summed E-state index contributed by atoms with van der Waals surface area (Å²) in [6, 6.07) is 12.6. The number of nitriles is 1. The number of aromatic nitrogens is 4. The molecule has 0 spiro atoms. The first kappa shape index (κ1) is 25.0. The van der Waals surface area contributed by atoms with Gasteiger partial charge in [-0.3, -0.25) is 14.2 Å². The number of carboxylic acids is 1. The number of imidazole rings is 1. The van der Waals surface area contributed by atoms with E-state index in [1.807, 2.05) is 23.3 Å². The maximum atomic E-state index is 14.9. The van der Waals surface area contributed by atoms with E-state index in [4.69, 9.17) is 10.1 Å². The maximum Gasteiger partial charge on any atom is 0.307 e. The molecule has 1 N–H and O–H groups in total. The van der Waals surface area contributed by atoms with Gasteiger partial charge < -0.3 is 10.0 Å². The molecule has 0 fully saturated rings. The van der Waals surface area contributed by atoms with Crippen LogP contribution in [0.5, 0.6) is 0 Å². The summed E-state index contributed by atoms with van der Waals surface area (Å²) in [4.78, 5) is 26.7. The lowest BCUT2D eigenvalue weighted by Gasteiger charge is -2.17. The molecule has 4 aromatic heterocycles. The smallest absolute Gasteiger partial charge is 0.307 e. The number of pyridine rings is 2.